The van der Waals surface area contributed by atoms with Gasteiger partial charge in [-0.25, -0.2) is 0 Å². The topological polar surface area (TPSA) is 70.2 Å². The highest BCUT2D eigenvalue weighted by Crippen LogP contribution is 2.19. The van der Waals surface area contributed by atoms with Crippen molar-refractivity contribution < 1.29 is 9.59 Å². The summed E-state index contributed by atoms with van der Waals surface area (Å²) in [6.07, 6.45) is 4.36. The molecule has 3 rings (SSSR count). The molecule has 0 unspecified atom stereocenters. The van der Waals surface area contributed by atoms with Crippen LogP contribution in [0, 0.1) is 0 Å². The van der Waals surface area contributed by atoms with E-state index in [1.165, 1.54) is 6.08 Å². The minimum absolute atomic E-state index is 0.0117. The Bertz CT molecular complexity index is 1090. The van der Waals surface area contributed by atoms with Gasteiger partial charge >= 0.3 is 0 Å². The van der Waals surface area contributed by atoms with Crippen LogP contribution < -0.4 is 16.0 Å². The third kappa shape index (κ3) is 5.99. The molecule has 5 nitrogen and oxygen atoms in total. The molecule has 2 amide bonds. The number of thiocarbonyl (C=S) groups is 1. The fraction of sp³-hybridized carbons (Fsp3) is 0.125. The van der Waals surface area contributed by atoms with Crippen LogP contribution in [0.1, 0.15) is 17.5 Å². The van der Waals surface area contributed by atoms with Crippen LogP contribution in [-0.4, -0.2) is 24.0 Å². The Hall–Kier alpha value is -3.51. The largest absolute Gasteiger partial charge is 0.359 e. The highest BCUT2D eigenvalue weighted by molar-refractivity contribution is 7.80. The molecular weight excluding hydrogens is 394 g/mol. The molecule has 0 aliphatic rings. The number of benzene rings is 3. The maximum Gasteiger partial charge on any atom is 0.250 e. The van der Waals surface area contributed by atoms with Crippen molar-refractivity contribution in [2.45, 2.75) is 12.8 Å². The second kappa shape index (κ2) is 10.3. The summed E-state index contributed by atoms with van der Waals surface area (Å²) in [4.78, 5) is 23.5. The van der Waals surface area contributed by atoms with E-state index in [1.807, 2.05) is 66.7 Å². The number of hydrogen-bond donors (Lipinski definition) is 3. The van der Waals surface area contributed by atoms with Gasteiger partial charge in [0, 0.05) is 25.2 Å². The van der Waals surface area contributed by atoms with Gasteiger partial charge in [0.25, 0.3) is 0 Å². The van der Waals surface area contributed by atoms with E-state index in [0.29, 0.717) is 12.8 Å². The van der Waals surface area contributed by atoms with E-state index >= 15 is 0 Å². The van der Waals surface area contributed by atoms with Crippen LogP contribution in [0.4, 0.5) is 5.69 Å². The fourth-order valence-electron chi connectivity index (χ4n) is 3.01. The van der Waals surface area contributed by atoms with Crippen molar-refractivity contribution in [3.8, 4) is 0 Å². The van der Waals surface area contributed by atoms with Gasteiger partial charge in [-0.15, -0.1) is 0 Å². The molecule has 30 heavy (non-hydrogen) atoms. The highest BCUT2D eigenvalue weighted by atomic mass is 32.1. The van der Waals surface area contributed by atoms with E-state index < -0.39 is 0 Å². The molecule has 0 saturated heterocycles. The van der Waals surface area contributed by atoms with Gasteiger partial charge in [-0.1, -0.05) is 54.6 Å². The molecule has 0 bridgehead atoms. The SMILES string of the molecule is CNC(=O)CCc1ccc(NC(=S)NC(=O)/C=C/c2cccc3ccccc23)cc1. The van der Waals surface area contributed by atoms with E-state index in [9.17, 15) is 9.59 Å². The maximum absolute atomic E-state index is 12.2. The van der Waals surface area contributed by atoms with E-state index in [0.717, 1.165) is 27.6 Å². The monoisotopic (exact) mass is 417 g/mol. The van der Waals surface area contributed by atoms with Crippen LogP contribution in [0.5, 0.6) is 0 Å². The quantitative estimate of drug-likeness (QED) is 0.418. The first-order valence-electron chi connectivity index (χ1n) is 9.62. The lowest BCUT2D eigenvalue weighted by Crippen LogP contribution is -2.32. The van der Waals surface area contributed by atoms with Crippen molar-refractivity contribution in [3.63, 3.8) is 0 Å². The third-order valence-electron chi connectivity index (χ3n) is 4.61. The molecule has 0 aliphatic carbocycles. The predicted octanol–water partition coefficient (Wildman–Crippen LogP) is 4.04. The van der Waals surface area contributed by atoms with E-state index in [1.54, 1.807) is 13.1 Å². The van der Waals surface area contributed by atoms with Gasteiger partial charge in [0.05, 0.1) is 0 Å². The Morgan fingerprint density at radius 1 is 0.967 bits per heavy atom. The zero-order chi connectivity index (χ0) is 21.3. The Labute approximate surface area is 181 Å². The molecule has 0 fully saturated rings. The smallest absolute Gasteiger partial charge is 0.250 e. The van der Waals surface area contributed by atoms with Crippen LogP contribution in [0.2, 0.25) is 0 Å². The number of carbonyl (C=O) groups excluding carboxylic acids is 2. The van der Waals surface area contributed by atoms with Crippen LogP contribution in [-0.2, 0) is 16.0 Å². The summed E-state index contributed by atoms with van der Waals surface area (Å²) in [7, 11) is 1.63. The minimum atomic E-state index is -0.303. The van der Waals surface area contributed by atoms with Gasteiger partial charge < -0.3 is 10.6 Å². The number of anilines is 1. The Morgan fingerprint density at radius 3 is 2.47 bits per heavy atom. The zero-order valence-electron chi connectivity index (χ0n) is 16.6. The van der Waals surface area contributed by atoms with Crippen molar-refractivity contribution >= 4 is 51.7 Å². The van der Waals surface area contributed by atoms with Gasteiger partial charge in [0.2, 0.25) is 11.8 Å². The first-order valence-corrected chi connectivity index (χ1v) is 10.0. The van der Waals surface area contributed by atoms with Gasteiger partial charge in [-0.2, -0.15) is 0 Å². The number of hydrogen-bond acceptors (Lipinski definition) is 3. The van der Waals surface area contributed by atoms with Gasteiger partial charge in [0.1, 0.15) is 0 Å². The van der Waals surface area contributed by atoms with E-state index in [4.69, 9.17) is 12.2 Å². The lowest BCUT2D eigenvalue weighted by Gasteiger charge is -2.09. The number of rotatable bonds is 6. The van der Waals surface area contributed by atoms with Crippen molar-refractivity contribution in [2.24, 2.45) is 0 Å². The molecule has 3 N–H and O–H groups in total. The van der Waals surface area contributed by atoms with Crippen molar-refractivity contribution in [1.82, 2.24) is 10.6 Å². The summed E-state index contributed by atoms with van der Waals surface area (Å²) in [5, 5.41) is 10.7. The van der Waals surface area contributed by atoms with Crippen LogP contribution in [0.25, 0.3) is 16.8 Å². The zero-order valence-corrected chi connectivity index (χ0v) is 17.5. The molecule has 3 aromatic rings. The molecule has 152 valence electrons. The summed E-state index contributed by atoms with van der Waals surface area (Å²) in [5.41, 5.74) is 2.79. The Morgan fingerprint density at radius 2 is 1.70 bits per heavy atom. The molecule has 0 heterocycles. The average molecular weight is 418 g/mol. The van der Waals surface area contributed by atoms with Crippen molar-refractivity contribution in [3.05, 3.63) is 83.9 Å². The van der Waals surface area contributed by atoms with Gasteiger partial charge in [-0.3, -0.25) is 14.9 Å². The summed E-state index contributed by atoms with van der Waals surface area (Å²) in [6, 6.07) is 21.6. The summed E-state index contributed by atoms with van der Waals surface area (Å²) in [6.45, 7) is 0. The highest BCUT2D eigenvalue weighted by Gasteiger charge is 2.04. The fourth-order valence-corrected chi connectivity index (χ4v) is 3.23. The number of aryl methyl sites for hydroxylation is 1. The summed E-state index contributed by atoms with van der Waals surface area (Å²) >= 11 is 5.22. The normalized spacial score (nSPS) is 10.7. The van der Waals surface area contributed by atoms with Crippen LogP contribution in [0.3, 0.4) is 0 Å². The lowest BCUT2D eigenvalue weighted by molar-refractivity contribution is -0.120. The lowest BCUT2D eigenvalue weighted by atomic mass is 10.0. The average Bonchev–Trinajstić information content (AvgIpc) is 2.76. The Balaban J connectivity index is 1.53. The third-order valence-corrected chi connectivity index (χ3v) is 4.81. The van der Waals surface area contributed by atoms with Crippen LogP contribution >= 0.6 is 12.2 Å². The number of nitrogens with one attached hydrogen (secondary N) is 3. The second-order valence-corrected chi connectivity index (χ2v) is 7.12. The number of fused-ring (bicyclic) bond motifs is 1. The molecule has 0 saturated carbocycles. The summed E-state index contributed by atoms with van der Waals surface area (Å²) in [5.74, 6) is -0.291. The molecule has 3 aromatic carbocycles. The Kier molecular flexibility index (Phi) is 7.29. The first-order chi connectivity index (χ1) is 14.5. The molecule has 6 heteroatoms. The molecule has 0 aliphatic heterocycles. The number of amides is 2. The molecule has 0 atom stereocenters. The van der Waals surface area contributed by atoms with Crippen molar-refractivity contribution in [1.29, 1.82) is 0 Å². The molecule has 0 aromatic heterocycles. The minimum Gasteiger partial charge on any atom is -0.359 e. The summed E-state index contributed by atoms with van der Waals surface area (Å²) < 4.78 is 0. The standard InChI is InChI=1S/C24H23N3O2S/c1-25-22(28)15-11-17-9-13-20(14-10-17)26-24(30)27-23(29)16-12-19-7-4-6-18-5-2-3-8-21(18)19/h2-10,12-14,16H,11,15H2,1H3,(H,25,28)(H2,26,27,29,30)/b16-12+. The van der Waals surface area contributed by atoms with Gasteiger partial charge in [-0.05, 0) is 58.7 Å². The maximum atomic E-state index is 12.2. The molecule has 0 radical (unpaired) electrons. The van der Waals surface area contributed by atoms with Gasteiger partial charge in [0.15, 0.2) is 5.11 Å². The first kappa shape index (κ1) is 21.2. The van der Waals surface area contributed by atoms with E-state index in [2.05, 4.69) is 16.0 Å². The van der Waals surface area contributed by atoms with Crippen LogP contribution in [0.15, 0.2) is 72.8 Å². The molecule has 0 spiro atoms. The molecular formula is C24H23N3O2S. The second-order valence-electron chi connectivity index (χ2n) is 6.72. The predicted molar refractivity (Wildman–Crippen MR) is 126 cm³/mol. The van der Waals surface area contributed by atoms with E-state index in [-0.39, 0.29) is 16.9 Å². The van der Waals surface area contributed by atoms with Crippen molar-refractivity contribution in [2.75, 3.05) is 12.4 Å². The number of carbonyl (C=O) groups is 2.